The Kier molecular flexibility index (Phi) is 4.72. The standard InChI is InChI=1S/C15H19N3O/c1-12(2)19-14-7-5-10-17-15(14)18-11-8-13-6-3-4-9-16-13/h3-7,9-10,12H,8,11H2,1-2H3,(H,17,18). The zero-order chi connectivity index (χ0) is 13.5. The van der Waals surface area contributed by atoms with Crippen molar-refractivity contribution in [2.24, 2.45) is 0 Å². The molecule has 0 aliphatic rings. The maximum Gasteiger partial charge on any atom is 0.168 e. The van der Waals surface area contributed by atoms with Gasteiger partial charge in [0, 0.05) is 31.1 Å². The van der Waals surface area contributed by atoms with Crippen molar-refractivity contribution in [3.63, 3.8) is 0 Å². The molecule has 0 fully saturated rings. The van der Waals surface area contributed by atoms with E-state index in [0.717, 1.165) is 30.2 Å². The van der Waals surface area contributed by atoms with Crippen LogP contribution < -0.4 is 10.1 Å². The third kappa shape index (κ3) is 4.25. The van der Waals surface area contributed by atoms with Crippen molar-refractivity contribution < 1.29 is 4.74 Å². The lowest BCUT2D eigenvalue weighted by atomic mass is 10.2. The van der Waals surface area contributed by atoms with Gasteiger partial charge in [-0.05, 0) is 38.1 Å². The summed E-state index contributed by atoms with van der Waals surface area (Å²) in [6, 6.07) is 9.74. The van der Waals surface area contributed by atoms with Crippen LogP contribution in [0.25, 0.3) is 0 Å². The van der Waals surface area contributed by atoms with Crippen LogP contribution in [0.5, 0.6) is 5.75 Å². The van der Waals surface area contributed by atoms with E-state index in [0.29, 0.717) is 0 Å². The van der Waals surface area contributed by atoms with Gasteiger partial charge in [0.15, 0.2) is 11.6 Å². The molecule has 2 heterocycles. The Morgan fingerprint density at radius 2 is 1.95 bits per heavy atom. The maximum atomic E-state index is 5.71. The van der Waals surface area contributed by atoms with Gasteiger partial charge in [-0.2, -0.15) is 0 Å². The number of nitrogens with one attached hydrogen (secondary N) is 1. The molecule has 1 N–H and O–H groups in total. The quantitative estimate of drug-likeness (QED) is 0.864. The second kappa shape index (κ2) is 6.73. The first-order valence-corrected chi connectivity index (χ1v) is 6.51. The summed E-state index contributed by atoms with van der Waals surface area (Å²) in [7, 11) is 0. The van der Waals surface area contributed by atoms with E-state index in [9.17, 15) is 0 Å². The van der Waals surface area contributed by atoms with Crippen LogP contribution >= 0.6 is 0 Å². The zero-order valence-electron chi connectivity index (χ0n) is 11.3. The number of rotatable bonds is 6. The molecule has 0 amide bonds. The van der Waals surface area contributed by atoms with E-state index in [-0.39, 0.29) is 6.10 Å². The number of pyridine rings is 2. The Hall–Kier alpha value is -2.10. The van der Waals surface area contributed by atoms with Crippen LogP contribution in [0.15, 0.2) is 42.7 Å². The molecule has 4 heteroatoms. The molecule has 0 spiro atoms. The van der Waals surface area contributed by atoms with Crippen molar-refractivity contribution in [1.82, 2.24) is 9.97 Å². The van der Waals surface area contributed by atoms with Gasteiger partial charge in [0.2, 0.25) is 0 Å². The minimum Gasteiger partial charge on any atom is -0.487 e. The van der Waals surface area contributed by atoms with E-state index in [1.165, 1.54) is 0 Å². The van der Waals surface area contributed by atoms with Crippen molar-refractivity contribution in [3.8, 4) is 5.75 Å². The van der Waals surface area contributed by atoms with Gasteiger partial charge in [-0.25, -0.2) is 4.98 Å². The predicted octanol–water partition coefficient (Wildman–Crippen LogP) is 2.92. The Morgan fingerprint density at radius 3 is 2.68 bits per heavy atom. The third-order valence-corrected chi connectivity index (χ3v) is 2.53. The van der Waals surface area contributed by atoms with Crippen LogP contribution in [0.1, 0.15) is 19.5 Å². The van der Waals surface area contributed by atoms with Gasteiger partial charge in [-0.1, -0.05) is 6.07 Å². The first-order valence-electron chi connectivity index (χ1n) is 6.51. The third-order valence-electron chi connectivity index (χ3n) is 2.53. The van der Waals surface area contributed by atoms with Gasteiger partial charge in [-0.3, -0.25) is 4.98 Å². The largest absolute Gasteiger partial charge is 0.487 e. The molecule has 0 aromatic carbocycles. The lowest BCUT2D eigenvalue weighted by Crippen LogP contribution is -2.11. The van der Waals surface area contributed by atoms with Gasteiger partial charge in [0.25, 0.3) is 0 Å². The molecule has 0 aliphatic heterocycles. The summed E-state index contributed by atoms with van der Waals surface area (Å²) in [4.78, 5) is 8.60. The summed E-state index contributed by atoms with van der Waals surface area (Å²) in [6.45, 7) is 4.79. The van der Waals surface area contributed by atoms with E-state index in [2.05, 4.69) is 15.3 Å². The summed E-state index contributed by atoms with van der Waals surface area (Å²) in [5, 5.41) is 3.29. The Labute approximate surface area is 113 Å². The lowest BCUT2D eigenvalue weighted by molar-refractivity contribution is 0.243. The van der Waals surface area contributed by atoms with Crippen LogP contribution in [0.2, 0.25) is 0 Å². The van der Waals surface area contributed by atoms with Gasteiger partial charge in [0.05, 0.1) is 6.10 Å². The van der Waals surface area contributed by atoms with E-state index < -0.39 is 0 Å². The fraction of sp³-hybridized carbons (Fsp3) is 0.333. The summed E-state index contributed by atoms with van der Waals surface area (Å²) >= 11 is 0. The summed E-state index contributed by atoms with van der Waals surface area (Å²) in [5.41, 5.74) is 1.07. The lowest BCUT2D eigenvalue weighted by Gasteiger charge is -2.14. The average molecular weight is 257 g/mol. The summed E-state index contributed by atoms with van der Waals surface area (Å²) in [5.74, 6) is 1.57. The van der Waals surface area contributed by atoms with Gasteiger partial charge >= 0.3 is 0 Å². The second-order valence-corrected chi connectivity index (χ2v) is 4.51. The SMILES string of the molecule is CC(C)Oc1cccnc1NCCc1ccccn1. The molecule has 0 aliphatic carbocycles. The van der Waals surface area contributed by atoms with Crippen LogP contribution in [0.3, 0.4) is 0 Å². The van der Waals surface area contributed by atoms with Gasteiger partial charge < -0.3 is 10.1 Å². The number of nitrogens with zero attached hydrogens (tertiary/aromatic N) is 2. The fourth-order valence-electron chi connectivity index (χ4n) is 1.73. The highest BCUT2D eigenvalue weighted by molar-refractivity contribution is 5.49. The van der Waals surface area contributed by atoms with Crippen LogP contribution in [-0.4, -0.2) is 22.6 Å². The van der Waals surface area contributed by atoms with Gasteiger partial charge in [0.1, 0.15) is 0 Å². The molecule has 0 unspecified atom stereocenters. The number of hydrogen-bond acceptors (Lipinski definition) is 4. The summed E-state index contributed by atoms with van der Waals surface area (Å²) in [6.07, 6.45) is 4.57. The van der Waals surface area contributed by atoms with Crippen molar-refractivity contribution in [1.29, 1.82) is 0 Å². The number of aromatic nitrogens is 2. The minimum absolute atomic E-state index is 0.139. The first-order chi connectivity index (χ1) is 9.25. The Balaban J connectivity index is 1.92. The van der Waals surface area contributed by atoms with E-state index in [1.54, 1.807) is 6.20 Å². The van der Waals surface area contributed by atoms with E-state index >= 15 is 0 Å². The molecule has 0 bridgehead atoms. The average Bonchev–Trinajstić information content (AvgIpc) is 2.41. The Morgan fingerprint density at radius 1 is 1.11 bits per heavy atom. The number of ether oxygens (including phenoxy) is 1. The highest BCUT2D eigenvalue weighted by atomic mass is 16.5. The van der Waals surface area contributed by atoms with Crippen LogP contribution in [0.4, 0.5) is 5.82 Å². The molecule has 4 nitrogen and oxygen atoms in total. The highest BCUT2D eigenvalue weighted by Gasteiger charge is 2.05. The van der Waals surface area contributed by atoms with Crippen molar-refractivity contribution in [3.05, 3.63) is 48.4 Å². The molecule has 0 saturated carbocycles. The molecule has 2 aromatic heterocycles. The molecular formula is C15H19N3O. The summed E-state index contributed by atoms with van der Waals surface area (Å²) < 4.78 is 5.71. The normalized spacial score (nSPS) is 10.5. The molecule has 0 saturated heterocycles. The highest BCUT2D eigenvalue weighted by Crippen LogP contribution is 2.21. The zero-order valence-corrected chi connectivity index (χ0v) is 11.3. The number of hydrogen-bond donors (Lipinski definition) is 1. The van der Waals surface area contributed by atoms with Crippen LogP contribution in [-0.2, 0) is 6.42 Å². The predicted molar refractivity (Wildman–Crippen MR) is 76.4 cm³/mol. The molecule has 0 radical (unpaired) electrons. The molecule has 2 aromatic rings. The molecule has 100 valence electrons. The number of anilines is 1. The van der Waals surface area contributed by atoms with E-state index in [1.807, 2.05) is 50.4 Å². The molecule has 19 heavy (non-hydrogen) atoms. The second-order valence-electron chi connectivity index (χ2n) is 4.51. The van der Waals surface area contributed by atoms with Crippen LogP contribution in [0, 0.1) is 0 Å². The fourth-order valence-corrected chi connectivity index (χ4v) is 1.73. The van der Waals surface area contributed by atoms with Crippen molar-refractivity contribution in [2.75, 3.05) is 11.9 Å². The topological polar surface area (TPSA) is 47.0 Å². The molecule has 2 rings (SSSR count). The van der Waals surface area contributed by atoms with E-state index in [4.69, 9.17) is 4.74 Å². The Bertz CT molecular complexity index is 500. The first kappa shape index (κ1) is 13.3. The maximum absolute atomic E-state index is 5.71. The van der Waals surface area contributed by atoms with Crippen molar-refractivity contribution in [2.45, 2.75) is 26.4 Å². The monoisotopic (exact) mass is 257 g/mol. The molecular weight excluding hydrogens is 238 g/mol. The van der Waals surface area contributed by atoms with Gasteiger partial charge in [-0.15, -0.1) is 0 Å². The van der Waals surface area contributed by atoms with Crippen molar-refractivity contribution >= 4 is 5.82 Å². The molecule has 0 atom stereocenters. The minimum atomic E-state index is 0.139. The smallest absolute Gasteiger partial charge is 0.168 e.